The van der Waals surface area contributed by atoms with Crippen molar-refractivity contribution in [2.24, 2.45) is 0 Å². The monoisotopic (exact) mass is 389 g/mol. The van der Waals surface area contributed by atoms with Gasteiger partial charge < -0.3 is 24.7 Å². The normalized spacial score (nSPS) is 14.4. The van der Waals surface area contributed by atoms with Gasteiger partial charge in [-0.1, -0.05) is 12.1 Å². The molecule has 0 radical (unpaired) electrons. The number of pyridine rings is 1. The van der Waals surface area contributed by atoms with E-state index < -0.39 is 0 Å². The minimum atomic E-state index is -0.361. The van der Waals surface area contributed by atoms with Gasteiger partial charge in [0.2, 0.25) is 11.5 Å². The Labute approximate surface area is 166 Å². The number of hydrogen-bond acceptors (Lipinski definition) is 5. The van der Waals surface area contributed by atoms with Gasteiger partial charge in [0.05, 0.1) is 13.3 Å². The first-order valence-corrected chi connectivity index (χ1v) is 9.36. The molecule has 146 valence electrons. The number of rotatable bonds is 4. The number of benzene rings is 1. The molecule has 1 aliphatic heterocycles. The van der Waals surface area contributed by atoms with Gasteiger partial charge in [-0.05, 0) is 41.2 Å². The van der Waals surface area contributed by atoms with Gasteiger partial charge in [0.25, 0.3) is 0 Å². The fourth-order valence-corrected chi connectivity index (χ4v) is 3.95. The molecule has 8 heteroatoms. The smallest absolute Gasteiger partial charge is 0.372 e. The zero-order chi connectivity index (χ0) is 20.0. The average Bonchev–Trinajstić information content (AvgIpc) is 3.35. The van der Waals surface area contributed by atoms with Crippen LogP contribution in [0, 0.1) is 10.1 Å². The van der Waals surface area contributed by atoms with E-state index in [2.05, 4.69) is 16.0 Å². The molecule has 0 amide bonds. The van der Waals surface area contributed by atoms with Crippen molar-refractivity contribution < 1.29 is 9.66 Å². The van der Waals surface area contributed by atoms with E-state index in [-0.39, 0.29) is 10.7 Å². The van der Waals surface area contributed by atoms with Crippen LogP contribution in [0.3, 0.4) is 0 Å². The number of H-pyrrole nitrogens is 1. The fraction of sp³-hybridized carbons (Fsp3) is 0.190. The Kier molecular flexibility index (Phi) is 3.97. The highest BCUT2D eigenvalue weighted by molar-refractivity contribution is 5.94. The zero-order valence-corrected chi connectivity index (χ0v) is 15.8. The van der Waals surface area contributed by atoms with E-state index in [0.29, 0.717) is 24.6 Å². The van der Waals surface area contributed by atoms with Gasteiger partial charge in [-0.15, -0.1) is 0 Å². The summed E-state index contributed by atoms with van der Waals surface area (Å²) >= 11 is 0. The third-order valence-electron chi connectivity index (χ3n) is 5.40. The minimum absolute atomic E-state index is 0.00859. The molecule has 5 rings (SSSR count). The van der Waals surface area contributed by atoms with Crippen molar-refractivity contribution in [1.29, 1.82) is 0 Å². The third-order valence-corrected chi connectivity index (χ3v) is 5.40. The molecule has 3 aromatic heterocycles. The second-order valence-electron chi connectivity index (χ2n) is 6.98. The Balaban J connectivity index is 1.50. The van der Waals surface area contributed by atoms with E-state index >= 15 is 0 Å². The Hall–Kier alpha value is -3.81. The van der Waals surface area contributed by atoms with E-state index in [9.17, 15) is 10.1 Å². The summed E-state index contributed by atoms with van der Waals surface area (Å²) in [6.45, 7) is 1.23. The van der Waals surface area contributed by atoms with E-state index in [1.165, 1.54) is 9.97 Å². The van der Waals surface area contributed by atoms with E-state index in [4.69, 9.17) is 4.74 Å². The second-order valence-corrected chi connectivity index (χ2v) is 6.98. The van der Waals surface area contributed by atoms with Crippen LogP contribution in [0.2, 0.25) is 0 Å². The van der Waals surface area contributed by atoms with Crippen molar-refractivity contribution >= 4 is 33.8 Å². The number of nitrogens with one attached hydrogen (secondary N) is 1. The SMILES string of the molecule is COc1ccc2[nH]cc(C3=CCN(c4nc5ccccn5c4[N+](=O)[O-])CC3)c2c1. The summed E-state index contributed by atoms with van der Waals surface area (Å²) < 4.78 is 6.89. The van der Waals surface area contributed by atoms with E-state index in [1.54, 1.807) is 25.4 Å². The molecule has 1 aromatic carbocycles. The van der Waals surface area contributed by atoms with Crippen molar-refractivity contribution in [3.8, 4) is 5.75 Å². The number of nitrogens with zero attached hydrogens (tertiary/aromatic N) is 4. The van der Waals surface area contributed by atoms with Crippen molar-refractivity contribution in [3.05, 3.63) is 70.5 Å². The average molecular weight is 389 g/mol. The lowest BCUT2D eigenvalue weighted by Gasteiger charge is -2.26. The zero-order valence-electron chi connectivity index (χ0n) is 15.8. The first kappa shape index (κ1) is 17.3. The van der Waals surface area contributed by atoms with Crippen LogP contribution in [0.4, 0.5) is 11.6 Å². The minimum Gasteiger partial charge on any atom is -0.497 e. The highest BCUT2D eigenvalue weighted by atomic mass is 16.6. The summed E-state index contributed by atoms with van der Waals surface area (Å²) in [4.78, 5) is 21.1. The summed E-state index contributed by atoms with van der Waals surface area (Å²) in [5.74, 6) is 1.24. The Morgan fingerprint density at radius 2 is 2.17 bits per heavy atom. The Morgan fingerprint density at radius 1 is 1.28 bits per heavy atom. The number of methoxy groups -OCH3 is 1. The van der Waals surface area contributed by atoms with Gasteiger partial charge in [0.1, 0.15) is 5.75 Å². The van der Waals surface area contributed by atoms with E-state index in [1.807, 2.05) is 35.4 Å². The van der Waals surface area contributed by atoms with Crippen molar-refractivity contribution in [3.63, 3.8) is 0 Å². The highest BCUT2D eigenvalue weighted by Crippen LogP contribution is 2.35. The molecule has 4 heterocycles. The standard InChI is InChI=1S/C21H19N5O3/c1-29-15-5-6-18-16(12-15)17(13-22-18)14-7-10-24(11-8-14)20-21(26(27)28)25-9-3-2-4-19(25)23-20/h2-7,9,12-13,22H,8,10-11H2,1H3. The summed E-state index contributed by atoms with van der Waals surface area (Å²) in [7, 11) is 1.66. The molecule has 8 nitrogen and oxygen atoms in total. The molecule has 29 heavy (non-hydrogen) atoms. The maximum Gasteiger partial charge on any atom is 0.372 e. The molecule has 0 saturated carbocycles. The highest BCUT2D eigenvalue weighted by Gasteiger charge is 2.28. The quantitative estimate of drug-likeness (QED) is 0.421. The first-order chi connectivity index (χ1) is 14.2. The number of ether oxygens (including phenoxy) is 1. The molecule has 0 aliphatic carbocycles. The Morgan fingerprint density at radius 3 is 2.93 bits per heavy atom. The van der Waals surface area contributed by atoms with Gasteiger partial charge in [0, 0.05) is 41.8 Å². The predicted octanol–water partition coefficient (Wildman–Crippen LogP) is 4.03. The van der Waals surface area contributed by atoms with E-state index in [0.717, 1.165) is 28.6 Å². The summed E-state index contributed by atoms with van der Waals surface area (Å²) in [5, 5.41) is 12.8. The molecule has 1 N–H and O–H groups in total. The van der Waals surface area contributed by atoms with Crippen LogP contribution < -0.4 is 9.64 Å². The summed E-state index contributed by atoms with van der Waals surface area (Å²) in [6, 6.07) is 11.3. The predicted molar refractivity (Wildman–Crippen MR) is 112 cm³/mol. The van der Waals surface area contributed by atoms with Gasteiger partial charge in [0.15, 0.2) is 0 Å². The number of aromatic amines is 1. The van der Waals surface area contributed by atoms with Crippen LogP contribution in [0.5, 0.6) is 5.75 Å². The maximum atomic E-state index is 11.7. The molecular formula is C21H19N5O3. The van der Waals surface area contributed by atoms with Crippen LogP contribution in [-0.4, -0.2) is 39.5 Å². The Bertz CT molecular complexity index is 1270. The van der Waals surface area contributed by atoms with Gasteiger partial charge in [-0.25, -0.2) is 0 Å². The van der Waals surface area contributed by atoms with Gasteiger partial charge >= 0.3 is 5.82 Å². The van der Waals surface area contributed by atoms with Crippen LogP contribution in [0.25, 0.3) is 22.1 Å². The lowest BCUT2D eigenvalue weighted by Crippen LogP contribution is -2.29. The lowest BCUT2D eigenvalue weighted by atomic mass is 9.99. The molecule has 0 atom stereocenters. The molecular weight excluding hydrogens is 370 g/mol. The summed E-state index contributed by atoms with van der Waals surface area (Å²) in [5.41, 5.74) is 3.99. The van der Waals surface area contributed by atoms with Crippen LogP contribution in [0.1, 0.15) is 12.0 Å². The molecule has 0 fully saturated rings. The topological polar surface area (TPSA) is 88.7 Å². The van der Waals surface area contributed by atoms with Crippen molar-refractivity contribution in [2.45, 2.75) is 6.42 Å². The van der Waals surface area contributed by atoms with Crippen LogP contribution in [-0.2, 0) is 0 Å². The number of nitro groups is 1. The molecule has 0 unspecified atom stereocenters. The lowest BCUT2D eigenvalue weighted by molar-refractivity contribution is -0.389. The van der Waals surface area contributed by atoms with Gasteiger partial charge in [-0.2, -0.15) is 9.38 Å². The largest absolute Gasteiger partial charge is 0.497 e. The number of aromatic nitrogens is 3. The number of anilines is 1. The molecule has 0 bridgehead atoms. The number of fused-ring (bicyclic) bond motifs is 2. The number of imidazole rings is 1. The molecule has 0 spiro atoms. The molecule has 4 aromatic rings. The molecule has 0 saturated heterocycles. The van der Waals surface area contributed by atoms with Crippen LogP contribution >= 0.6 is 0 Å². The maximum absolute atomic E-state index is 11.7. The van der Waals surface area contributed by atoms with Crippen LogP contribution in [0.15, 0.2) is 54.9 Å². The van der Waals surface area contributed by atoms with Crippen molar-refractivity contribution in [2.75, 3.05) is 25.1 Å². The molecule has 1 aliphatic rings. The second kappa shape index (κ2) is 6.66. The third kappa shape index (κ3) is 2.80. The van der Waals surface area contributed by atoms with Crippen molar-refractivity contribution in [1.82, 2.24) is 14.4 Å². The fourth-order valence-electron chi connectivity index (χ4n) is 3.95. The number of hydrogen-bond donors (Lipinski definition) is 1. The first-order valence-electron chi connectivity index (χ1n) is 9.36. The van der Waals surface area contributed by atoms with Gasteiger partial charge in [-0.3, -0.25) is 0 Å². The summed E-state index contributed by atoms with van der Waals surface area (Å²) in [6.07, 6.45) is 6.59.